The number of anilines is 2. The molecule has 1 N–H and O–H groups in total. The maximum absolute atomic E-state index is 12.1. The summed E-state index contributed by atoms with van der Waals surface area (Å²) in [6.45, 7) is 5.80. The average molecular weight is 359 g/mol. The van der Waals surface area contributed by atoms with Crippen molar-refractivity contribution >= 4 is 34.3 Å². The first-order valence-electron chi connectivity index (χ1n) is 8.37. The standard InChI is InChI=1S/C17H19ClN6O/c1-2-24-16-14(21-17(24)25)15(19-11-20-16)23-9-7-22(8-10-23)13-6-4-3-5-12(13)18/h3-6,11H,2,7-10H2,1H3,(H,21,25). The van der Waals surface area contributed by atoms with Gasteiger partial charge in [0.15, 0.2) is 11.5 Å². The smallest absolute Gasteiger partial charge is 0.327 e. The summed E-state index contributed by atoms with van der Waals surface area (Å²) in [6, 6.07) is 7.89. The van der Waals surface area contributed by atoms with Crippen molar-refractivity contribution in [1.29, 1.82) is 0 Å². The van der Waals surface area contributed by atoms with Crippen LogP contribution >= 0.6 is 11.6 Å². The van der Waals surface area contributed by atoms with Crippen LogP contribution in [0.4, 0.5) is 11.5 Å². The number of nitrogens with one attached hydrogen (secondary N) is 1. The molecule has 0 atom stereocenters. The fourth-order valence-electron chi connectivity index (χ4n) is 3.35. The molecule has 130 valence electrons. The number of aryl methyl sites for hydroxylation is 1. The summed E-state index contributed by atoms with van der Waals surface area (Å²) in [5, 5.41) is 0.768. The lowest BCUT2D eigenvalue weighted by Crippen LogP contribution is -2.47. The van der Waals surface area contributed by atoms with Gasteiger partial charge in [0.25, 0.3) is 0 Å². The SMILES string of the molecule is CCn1c(=O)[nH]c2c(N3CCN(c4ccccc4Cl)CC3)ncnc21. The molecule has 0 bridgehead atoms. The first-order valence-corrected chi connectivity index (χ1v) is 8.74. The number of aromatic amines is 1. The van der Waals surface area contributed by atoms with Gasteiger partial charge in [-0.25, -0.2) is 14.8 Å². The Balaban J connectivity index is 1.60. The van der Waals surface area contributed by atoms with Gasteiger partial charge in [0, 0.05) is 32.7 Å². The van der Waals surface area contributed by atoms with Gasteiger partial charge in [-0.3, -0.25) is 4.57 Å². The minimum absolute atomic E-state index is 0.144. The van der Waals surface area contributed by atoms with Crippen LogP contribution in [0.25, 0.3) is 11.2 Å². The Bertz CT molecular complexity index is 957. The maximum atomic E-state index is 12.1. The average Bonchev–Trinajstić information content (AvgIpc) is 2.97. The van der Waals surface area contributed by atoms with E-state index in [0.29, 0.717) is 17.7 Å². The second-order valence-electron chi connectivity index (χ2n) is 6.00. The van der Waals surface area contributed by atoms with E-state index < -0.39 is 0 Å². The van der Waals surface area contributed by atoms with Gasteiger partial charge >= 0.3 is 5.69 Å². The number of nitrogens with zero attached hydrogens (tertiary/aromatic N) is 5. The Morgan fingerprint density at radius 3 is 2.56 bits per heavy atom. The maximum Gasteiger partial charge on any atom is 0.327 e. The van der Waals surface area contributed by atoms with Gasteiger partial charge in [0.2, 0.25) is 0 Å². The molecule has 0 unspecified atom stereocenters. The number of imidazole rings is 1. The molecule has 1 saturated heterocycles. The Morgan fingerprint density at radius 2 is 1.84 bits per heavy atom. The van der Waals surface area contributed by atoms with Crippen LogP contribution in [0.15, 0.2) is 35.4 Å². The van der Waals surface area contributed by atoms with Gasteiger partial charge in [-0.15, -0.1) is 0 Å². The minimum atomic E-state index is -0.144. The van der Waals surface area contributed by atoms with Crippen LogP contribution < -0.4 is 15.5 Å². The molecule has 0 amide bonds. The number of benzene rings is 1. The van der Waals surface area contributed by atoms with Gasteiger partial charge in [0.05, 0.1) is 10.7 Å². The lowest BCUT2D eigenvalue weighted by Gasteiger charge is -2.37. The third-order valence-electron chi connectivity index (χ3n) is 4.63. The zero-order chi connectivity index (χ0) is 17.4. The normalized spacial score (nSPS) is 15.1. The number of fused-ring (bicyclic) bond motifs is 1. The number of halogens is 1. The molecular formula is C17H19ClN6O. The van der Waals surface area contributed by atoms with Crippen molar-refractivity contribution in [2.75, 3.05) is 36.0 Å². The van der Waals surface area contributed by atoms with Crippen molar-refractivity contribution in [3.05, 3.63) is 46.1 Å². The zero-order valence-electron chi connectivity index (χ0n) is 13.9. The number of piperazine rings is 1. The Hall–Kier alpha value is -2.54. The van der Waals surface area contributed by atoms with E-state index in [0.717, 1.165) is 42.7 Å². The molecule has 0 spiro atoms. The lowest BCUT2D eigenvalue weighted by atomic mass is 10.2. The molecule has 0 radical (unpaired) electrons. The molecule has 1 fully saturated rings. The quantitative estimate of drug-likeness (QED) is 0.776. The molecule has 3 heterocycles. The number of hydrogen-bond donors (Lipinski definition) is 1. The van der Waals surface area contributed by atoms with E-state index in [1.165, 1.54) is 6.33 Å². The topological polar surface area (TPSA) is 70.1 Å². The van der Waals surface area contributed by atoms with E-state index in [9.17, 15) is 4.79 Å². The van der Waals surface area contributed by atoms with E-state index in [4.69, 9.17) is 11.6 Å². The van der Waals surface area contributed by atoms with Crippen LogP contribution in [0.2, 0.25) is 5.02 Å². The predicted molar refractivity (Wildman–Crippen MR) is 99.7 cm³/mol. The molecule has 1 aliphatic rings. The zero-order valence-corrected chi connectivity index (χ0v) is 14.7. The van der Waals surface area contributed by atoms with Crippen molar-refractivity contribution in [1.82, 2.24) is 19.5 Å². The van der Waals surface area contributed by atoms with Crippen molar-refractivity contribution < 1.29 is 0 Å². The van der Waals surface area contributed by atoms with E-state index >= 15 is 0 Å². The summed E-state index contributed by atoms with van der Waals surface area (Å²) in [5.41, 5.74) is 2.28. The monoisotopic (exact) mass is 358 g/mol. The summed E-state index contributed by atoms with van der Waals surface area (Å²) < 4.78 is 1.63. The second-order valence-corrected chi connectivity index (χ2v) is 6.40. The summed E-state index contributed by atoms with van der Waals surface area (Å²) in [4.78, 5) is 28.1. The first-order chi connectivity index (χ1) is 12.2. The molecule has 4 rings (SSSR count). The van der Waals surface area contributed by atoms with Crippen LogP contribution in [-0.2, 0) is 6.54 Å². The van der Waals surface area contributed by atoms with Crippen LogP contribution in [-0.4, -0.2) is 45.7 Å². The van der Waals surface area contributed by atoms with Gasteiger partial charge < -0.3 is 14.8 Å². The molecule has 1 aromatic carbocycles. The second kappa shape index (κ2) is 6.40. The number of para-hydroxylation sites is 1. The third-order valence-corrected chi connectivity index (χ3v) is 4.95. The number of hydrogen-bond acceptors (Lipinski definition) is 5. The van der Waals surface area contributed by atoms with E-state index in [1.807, 2.05) is 31.2 Å². The Morgan fingerprint density at radius 1 is 1.12 bits per heavy atom. The fraction of sp³-hybridized carbons (Fsp3) is 0.353. The predicted octanol–water partition coefficient (Wildman–Crippen LogP) is 2.12. The summed E-state index contributed by atoms with van der Waals surface area (Å²) in [7, 11) is 0. The van der Waals surface area contributed by atoms with Crippen molar-refractivity contribution in [2.45, 2.75) is 13.5 Å². The molecule has 1 aliphatic heterocycles. The first kappa shape index (κ1) is 16.0. The summed E-state index contributed by atoms with van der Waals surface area (Å²) >= 11 is 6.31. The summed E-state index contributed by atoms with van der Waals surface area (Å²) in [6.07, 6.45) is 1.53. The highest BCUT2D eigenvalue weighted by molar-refractivity contribution is 6.33. The largest absolute Gasteiger partial charge is 0.367 e. The number of H-pyrrole nitrogens is 1. The van der Waals surface area contributed by atoms with Crippen LogP contribution in [0, 0.1) is 0 Å². The minimum Gasteiger partial charge on any atom is -0.367 e. The molecular weight excluding hydrogens is 340 g/mol. The molecule has 0 aliphatic carbocycles. The molecule has 25 heavy (non-hydrogen) atoms. The van der Waals surface area contributed by atoms with Crippen LogP contribution in [0.3, 0.4) is 0 Å². The van der Waals surface area contributed by atoms with Gasteiger partial charge in [-0.2, -0.15) is 0 Å². The molecule has 7 nitrogen and oxygen atoms in total. The highest BCUT2D eigenvalue weighted by Gasteiger charge is 2.22. The Kier molecular flexibility index (Phi) is 4.09. The molecule has 0 saturated carbocycles. The fourth-order valence-corrected chi connectivity index (χ4v) is 3.61. The van der Waals surface area contributed by atoms with Crippen molar-refractivity contribution in [2.24, 2.45) is 0 Å². The van der Waals surface area contributed by atoms with E-state index in [1.54, 1.807) is 4.57 Å². The highest BCUT2D eigenvalue weighted by atomic mass is 35.5. The molecule has 8 heteroatoms. The van der Waals surface area contributed by atoms with Gasteiger partial charge in [-0.1, -0.05) is 23.7 Å². The molecule has 3 aromatic rings. The molecule has 2 aromatic heterocycles. The highest BCUT2D eigenvalue weighted by Crippen LogP contribution is 2.28. The lowest BCUT2D eigenvalue weighted by molar-refractivity contribution is 0.648. The van der Waals surface area contributed by atoms with Gasteiger partial charge in [-0.05, 0) is 19.1 Å². The van der Waals surface area contributed by atoms with Crippen LogP contribution in [0.5, 0.6) is 0 Å². The van der Waals surface area contributed by atoms with E-state index in [-0.39, 0.29) is 5.69 Å². The van der Waals surface area contributed by atoms with E-state index in [2.05, 4.69) is 24.8 Å². The van der Waals surface area contributed by atoms with Gasteiger partial charge in [0.1, 0.15) is 11.8 Å². The number of aromatic nitrogens is 4. The number of rotatable bonds is 3. The van der Waals surface area contributed by atoms with Crippen LogP contribution in [0.1, 0.15) is 6.92 Å². The third kappa shape index (κ3) is 2.74. The summed E-state index contributed by atoms with van der Waals surface area (Å²) in [5.74, 6) is 0.785. The van der Waals surface area contributed by atoms with Crippen molar-refractivity contribution in [3.8, 4) is 0 Å². The van der Waals surface area contributed by atoms with Crippen molar-refractivity contribution in [3.63, 3.8) is 0 Å². The Labute approximate surface area is 149 Å².